The Hall–Kier alpha value is -7.08. The van der Waals surface area contributed by atoms with E-state index in [2.05, 4.69) is 52.3 Å². The minimum Gasteiger partial charge on any atom is -0.444 e. The Morgan fingerprint density at radius 3 is 1.27 bits per heavy atom. The number of rotatable bonds is 16. The molecule has 3 aromatic carbocycles. The number of nitrogens with one attached hydrogen (secondary N) is 4. The fraction of sp³-hybridized carbons (Fsp3) is 0.519. The minimum atomic E-state index is -1.00. The van der Waals surface area contributed by atoms with Crippen LogP contribution in [0.4, 0.5) is 9.59 Å². The highest BCUT2D eigenvalue weighted by Crippen LogP contribution is 2.32. The lowest BCUT2D eigenvalue weighted by Crippen LogP contribution is -2.57. The summed E-state index contributed by atoms with van der Waals surface area (Å²) in [6.07, 6.45) is -0.845. The van der Waals surface area contributed by atoms with E-state index in [1.807, 2.05) is 102 Å². The number of hydrogen-bond donors (Lipinski definition) is 4. The highest BCUT2D eigenvalue weighted by Gasteiger charge is 2.46. The first-order valence-corrected chi connectivity index (χ1v) is 27.5. The van der Waals surface area contributed by atoms with Crippen molar-refractivity contribution in [2.45, 2.75) is 177 Å². The van der Waals surface area contributed by atoms with Gasteiger partial charge in [-0.25, -0.2) is 19.0 Å². The average Bonchev–Trinajstić information content (AvgIpc) is 4.20. The molecule has 0 spiro atoms. The van der Waals surface area contributed by atoms with Crippen LogP contribution in [-0.4, -0.2) is 147 Å². The maximum Gasteiger partial charge on any atom is 0.408 e. The number of alkyl carbamates (subject to hydrolysis) is 2. The van der Waals surface area contributed by atoms with Crippen LogP contribution in [0.1, 0.15) is 117 Å². The zero-order chi connectivity index (χ0) is 56.7. The Bertz CT molecular complexity index is 2720. The molecule has 7 rings (SSSR count). The number of tetrazole rings is 2. The number of likely N-dealkylation sites (tertiary alicyclic amines) is 2. The molecule has 0 saturated carbocycles. The number of hydrogen-bond acceptors (Lipinski definition) is 16. The highest BCUT2D eigenvalue weighted by atomic mass is 32.2. The van der Waals surface area contributed by atoms with Crippen molar-refractivity contribution in [2.24, 2.45) is 10.8 Å². The predicted molar refractivity (Wildman–Crippen MR) is 291 cm³/mol. The van der Waals surface area contributed by atoms with Crippen LogP contribution in [0, 0.1) is 10.8 Å². The smallest absolute Gasteiger partial charge is 0.408 e. The molecule has 4 N–H and O–H groups in total. The third kappa shape index (κ3) is 16.0. The standard InChI is InChI=1S/C54H72N14O8S2/c1-51(2,3)41(57-49(73)75-53(7,8)9)45(71)65-29-35(27-37(65)31-67-47(59-61-63-67)77-39-22-15-13-16-23-39)55-43(69)33-20-19-21-34(26-33)44(70)56-36-28-38(32-68-48(60-62-64-68)78-40-24-17-14-18-25-40)66(30-36)46(72)42(52(4,5)6)58-50(74)76-54(10,11)12/h13-26,35-38,41-42H,27-32H2,1-12H3,(H,55,69)(H,56,70)(H,57,73)(H,58,74)/t35-,36-,37-,38-,41+,42+/m0/s1. The summed E-state index contributed by atoms with van der Waals surface area (Å²) in [4.78, 5) is 89.5. The largest absolute Gasteiger partial charge is 0.444 e. The molecule has 78 heavy (non-hydrogen) atoms. The number of aromatic nitrogens is 8. The molecule has 6 atom stereocenters. The van der Waals surface area contributed by atoms with Crippen LogP contribution in [0.25, 0.3) is 0 Å². The molecule has 4 heterocycles. The summed E-state index contributed by atoms with van der Waals surface area (Å²) in [5, 5.41) is 37.8. The van der Waals surface area contributed by atoms with E-state index in [9.17, 15) is 28.8 Å². The van der Waals surface area contributed by atoms with Gasteiger partial charge in [-0.05, 0) is 152 Å². The van der Waals surface area contributed by atoms with Crippen molar-refractivity contribution in [1.29, 1.82) is 0 Å². The third-order valence-corrected chi connectivity index (χ3v) is 14.6. The molecule has 2 aromatic heterocycles. The maximum atomic E-state index is 14.8. The van der Waals surface area contributed by atoms with Crippen LogP contribution in [0.5, 0.6) is 0 Å². The number of carbonyl (C=O) groups is 6. The SMILES string of the molecule is CC(C)(C)OC(=O)N[C@H](C(=O)N1C[C@@H](NC(=O)c2cccc(C(=O)N[C@H]3C[C@@H](Cn4nnnc4Sc4ccccc4)N(C(=O)[C@@H](NC(=O)OC(C)(C)C)C(C)(C)C)C3)c2)C[C@H]1Cn1nnnc1Sc1ccccc1)C(C)(C)C. The van der Waals surface area contributed by atoms with Crippen LogP contribution in [0.15, 0.2) is 105 Å². The lowest BCUT2D eigenvalue weighted by atomic mass is 9.85. The Morgan fingerprint density at radius 2 is 0.923 bits per heavy atom. The number of benzene rings is 3. The van der Waals surface area contributed by atoms with Gasteiger partial charge in [-0.2, -0.15) is 0 Å². The summed E-state index contributed by atoms with van der Waals surface area (Å²) in [6.45, 7) is 22.1. The Balaban J connectivity index is 1.09. The van der Waals surface area contributed by atoms with E-state index in [-0.39, 0.29) is 49.1 Å². The van der Waals surface area contributed by atoms with Gasteiger partial charge in [0, 0.05) is 46.1 Å². The van der Waals surface area contributed by atoms with E-state index in [0.29, 0.717) is 23.2 Å². The van der Waals surface area contributed by atoms with E-state index in [4.69, 9.17) is 9.47 Å². The average molecular weight is 1110 g/mol. The molecule has 0 bridgehead atoms. The number of amides is 6. The Morgan fingerprint density at radius 1 is 0.551 bits per heavy atom. The first kappa shape index (κ1) is 58.6. The summed E-state index contributed by atoms with van der Waals surface area (Å²) >= 11 is 2.74. The van der Waals surface area contributed by atoms with Crippen LogP contribution in [0.3, 0.4) is 0 Å². The fourth-order valence-electron chi connectivity index (χ4n) is 9.10. The maximum absolute atomic E-state index is 14.8. The van der Waals surface area contributed by atoms with Gasteiger partial charge in [0.2, 0.25) is 22.1 Å². The van der Waals surface area contributed by atoms with Crippen molar-refractivity contribution in [3.8, 4) is 0 Å². The summed E-state index contributed by atoms with van der Waals surface area (Å²) < 4.78 is 14.4. The predicted octanol–water partition coefficient (Wildman–Crippen LogP) is 6.64. The molecule has 0 aliphatic carbocycles. The molecule has 5 aromatic rings. The summed E-state index contributed by atoms with van der Waals surface area (Å²) in [5.41, 5.74) is -2.70. The first-order valence-electron chi connectivity index (χ1n) is 25.9. The molecule has 2 fully saturated rings. The molecule has 6 amide bonds. The zero-order valence-corrected chi connectivity index (χ0v) is 48.0. The number of ether oxygens (including phenoxy) is 2. The lowest BCUT2D eigenvalue weighted by molar-refractivity contribution is -0.138. The molecular weight excluding hydrogens is 1040 g/mol. The van der Waals surface area contributed by atoms with Gasteiger partial charge < -0.3 is 40.5 Å². The third-order valence-electron chi connectivity index (χ3n) is 12.7. The van der Waals surface area contributed by atoms with Crippen molar-refractivity contribution in [1.82, 2.24) is 71.5 Å². The summed E-state index contributed by atoms with van der Waals surface area (Å²) in [7, 11) is 0. The molecule has 2 aliphatic heterocycles. The van der Waals surface area contributed by atoms with E-state index in [1.165, 1.54) is 29.6 Å². The van der Waals surface area contributed by atoms with Gasteiger partial charge in [0.1, 0.15) is 23.3 Å². The lowest BCUT2D eigenvalue weighted by Gasteiger charge is -2.36. The Labute approximate surface area is 463 Å². The Kier molecular flexibility index (Phi) is 18.3. The highest BCUT2D eigenvalue weighted by molar-refractivity contribution is 7.99. The van der Waals surface area contributed by atoms with Crippen molar-refractivity contribution < 1.29 is 38.2 Å². The van der Waals surface area contributed by atoms with Crippen molar-refractivity contribution in [2.75, 3.05) is 13.1 Å². The van der Waals surface area contributed by atoms with Crippen molar-refractivity contribution in [3.05, 3.63) is 96.1 Å². The van der Waals surface area contributed by atoms with Crippen LogP contribution < -0.4 is 21.3 Å². The summed E-state index contributed by atoms with van der Waals surface area (Å²) in [6, 6.07) is 21.4. The second kappa shape index (κ2) is 24.3. The van der Waals surface area contributed by atoms with E-state index in [0.717, 1.165) is 9.79 Å². The monoisotopic (exact) mass is 1110 g/mol. The number of carbonyl (C=O) groups excluding carboxylic acids is 6. The topological polar surface area (TPSA) is 263 Å². The quantitative estimate of drug-likeness (QED) is 0.0807. The van der Waals surface area contributed by atoms with Gasteiger partial charge in [0.15, 0.2) is 0 Å². The van der Waals surface area contributed by atoms with E-state index in [1.54, 1.807) is 78.9 Å². The van der Waals surface area contributed by atoms with Gasteiger partial charge in [0.05, 0.1) is 25.2 Å². The van der Waals surface area contributed by atoms with Gasteiger partial charge >= 0.3 is 12.2 Å². The van der Waals surface area contributed by atoms with E-state index >= 15 is 0 Å². The molecule has 0 unspecified atom stereocenters. The summed E-state index contributed by atoms with van der Waals surface area (Å²) in [5.74, 6) is -1.69. The second-order valence-electron chi connectivity index (χ2n) is 23.7. The fourth-order valence-corrected chi connectivity index (χ4v) is 10.7. The van der Waals surface area contributed by atoms with Gasteiger partial charge in [-0.15, -0.1) is 10.2 Å². The normalized spacial score (nSPS) is 18.7. The molecule has 2 saturated heterocycles. The van der Waals surface area contributed by atoms with Crippen LogP contribution in [-0.2, 0) is 32.2 Å². The second-order valence-corrected chi connectivity index (χ2v) is 25.8. The molecule has 418 valence electrons. The molecule has 24 heteroatoms. The molecule has 0 radical (unpaired) electrons. The van der Waals surface area contributed by atoms with Gasteiger partial charge in [-0.3, -0.25) is 19.2 Å². The van der Waals surface area contributed by atoms with Crippen LogP contribution >= 0.6 is 23.5 Å². The minimum absolute atomic E-state index is 0.0970. The zero-order valence-electron chi connectivity index (χ0n) is 46.3. The number of nitrogens with zero attached hydrogens (tertiary/aromatic N) is 10. The molecular formula is C54H72N14O8S2. The van der Waals surface area contributed by atoms with Gasteiger partial charge in [-0.1, -0.05) is 84.0 Å². The van der Waals surface area contributed by atoms with Crippen molar-refractivity contribution >= 4 is 59.3 Å². The van der Waals surface area contributed by atoms with Crippen LogP contribution in [0.2, 0.25) is 0 Å². The molecule has 22 nitrogen and oxygen atoms in total. The first-order chi connectivity index (χ1) is 36.6. The van der Waals surface area contributed by atoms with Gasteiger partial charge in [0.25, 0.3) is 11.8 Å². The molecule has 2 aliphatic rings. The van der Waals surface area contributed by atoms with Crippen molar-refractivity contribution in [3.63, 3.8) is 0 Å². The van der Waals surface area contributed by atoms with E-state index < -0.39 is 82.3 Å².